The SMILES string of the molecule is CC(=O)O.Cc1oc(-c2ccc(C(=O)NCc3cccnc3)cc2)nc1CS(=O)(=O)C1CCN(C2CCCC2)CC1.Cc1oc(-c2ccc(C(=O)NCc3cccnc3)cc2)nc1CS(=O)(=O)C1CCNCC1.O=C1CCCC1. The van der Waals surface area contributed by atoms with Gasteiger partial charge in [0.2, 0.25) is 11.8 Å². The van der Waals surface area contributed by atoms with Crippen LogP contribution in [0.5, 0.6) is 0 Å². The van der Waals surface area contributed by atoms with Crippen LogP contribution in [-0.2, 0) is 53.9 Å². The Morgan fingerprint density at radius 1 is 0.633 bits per heavy atom. The van der Waals surface area contributed by atoms with Crippen molar-refractivity contribution in [2.75, 3.05) is 26.2 Å². The van der Waals surface area contributed by atoms with Crippen molar-refractivity contribution in [2.45, 2.75) is 139 Å². The standard InChI is InChI=1S/C28H34N4O4S.C23H26N4O4S.C5H8O.C2H4O2/c1-20-26(19-37(34,35)25-12-15-32(16-13-25)24-6-2-3-7-24)31-28(36-20)23-10-8-22(9-11-23)27(33)30-18-21-5-4-14-29-17-21;1-16-21(15-32(29,30)20-8-11-24-12-9-20)27-23(31-16)19-6-4-18(5-7-19)22(28)26-14-17-3-2-10-25-13-17;6-5-3-1-2-4-5;1-2(3)4/h4-5,8-11,14,17,24-25H,2-3,6-7,12-13,15-16,18-19H2,1H3,(H,30,33);2-7,10,13,20,24H,8-9,11-12,14-15H2,1H3,(H,26,28);1-4H2;1H3,(H,3,4). The first-order valence-corrected chi connectivity index (χ1v) is 30.4. The van der Waals surface area contributed by atoms with E-state index in [2.05, 4.69) is 40.8 Å². The van der Waals surface area contributed by atoms with Crippen molar-refractivity contribution >= 4 is 43.2 Å². The van der Waals surface area contributed by atoms with Gasteiger partial charge in [-0.2, -0.15) is 0 Å². The number of pyridine rings is 2. The highest BCUT2D eigenvalue weighted by atomic mass is 32.2. The maximum Gasteiger partial charge on any atom is 0.300 e. The Morgan fingerprint density at radius 3 is 1.43 bits per heavy atom. The molecule has 2 aliphatic carbocycles. The highest BCUT2D eigenvalue weighted by Crippen LogP contribution is 2.31. The van der Waals surface area contributed by atoms with Gasteiger partial charge in [0, 0.05) is 85.9 Å². The second-order valence-electron chi connectivity index (χ2n) is 20.3. The number of benzene rings is 2. The minimum absolute atomic E-state index is 0.106. The third-order valence-corrected chi connectivity index (χ3v) is 18.7. The van der Waals surface area contributed by atoms with Gasteiger partial charge in [0.25, 0.3) is 17.8 Å². The molecule has 2 saturated carbocycles. The molecule has 0 unspecified atom stereocenters. The average molecular weight is 1120 g/mol. The molecule has 4 N–H and O–H groups in total. The number of hydrogen-bond donors (Lipinski definition) is 4. The predicted molar refractivity (Wildman–Crippen MR) is 299 cm³/mol. The van der Waals surface area contributed by atoms with Gasteiger partial charge in [-0.25, -0.2) is 26.8 Å². The van der Waals surface area contributed by atoms with Crippen LogP contribution < -0.4 is 16.0 Å². The lowest BCUT2D eigenvalue weighted by Gasteiger charge is -2.35. The summed E-state index contributed by atoms with van der Waals surface area (Å²) < 4.78 is 63.6. The van der Waals surface area contributed by atoms with Gasteiger partial charge in [0.1, 0.15) is 17.3 Å². The second-order valence-corrected chi connectivity index (χ2v) is 24.9. The fourth-order valence-corrected chi connectivity index (χ4v) is 13.5. The number of oxazole rings is 2. The number of carbonyl (C=O) groups is 4. The van der Waals surface area contributed by atoms with Crippen LogP contribution in [0, 0.1) is 13.8 Å². The van der Waals surface area contributed by atoms with Crippen LogP contribution in [0.4, 0.5) is 0 Å². The molecule has 4 aromatic heterocycles. The summed E-state index contributed by atoms with van der Waals surface area (Å²) in [5, 5.41) is 15.7. The van der Waals surface area contributed by atoms with Crippen LogP contribution in [0.1, 0.15) is 139 Å². The number of aryl methyl sites for hydroxylation is 2. The molecule has 0 spiro atoms. The third kappa shape index (κ3) is 18.0. The molecule has 2 saturated heterocycles. The normalized spacial score (nSPS) is 16.4. The molecular formula is C58H72N8O11S2. The number of carboxylic acid groups (broad SMARTS) is 1. The molecular weight excluding hydrogens is 1050 g/mol. The van der Waals surface area contributed by atoms with E-state index in [9.17, 15) is 31.2 Å². The smallest absolute Gasteiger partial charge is 0.300 e. The molecule has 6 heterocycles. The fourth-order valence-electron chi connectivity index (χ4n) is 9.88. The summed E-state index contributed by atoms with van der Waals surface area (Å²) >= 11 is 0. The molecule has 2 amide bonds. The van der Waals surface area contributed by atoms with Gasteiger partial charge in [0.15, 0.2) is 19.7 Å². The Morgan fingerprint density at radius 2 is 1.05 bits per heavy atom. The zero-order chi connectivity index (χ0) is 56.4. The number of amides is 2. The summed E-state index contributed by atoms with van der Waals surface area (Å²) in [5.41, 5.74) is 5.15. The van der Waals surface area contributed by atoms with E-state index in [0.717, 1.165) is 69.9 Å². The number of piperidine rings is 2. The van der Waals surface area contributed by atoms with Gasteiger partial charge in [0.05, 0.1) is 33.4 Å². The van der Waals surface area contributed by atoms with E-state index in [0.29, 0.717) is 108 Å². The van der Waals surface area contributed by atoms with E-state index < -0.39 is 25.6 Å². The average Bonchev–Trinajstić information content (AvgIpc) is 4.38. The Hall–Kier alpha value is -6.94. The van der Waals surface area contributed by atoms with Crippen LogP contribution in [0.25, 0.3) is 22.9 Å². The first kappa shape index (κ1) is 59.7. The number of hydrogen-bond acceptors (Lipinski definition) is 16. The molecule has 10 rings (SSSR count). The van der Waals surface area contributed by atoms with E-state index in [1.807, 2.05) is 24.3 Å². The highest BCUT2D eigenvalue weighted by molar-refractivity contribution is 7.91. The maximum absolute atomic E-state index is 13.2. The number of nitrogens with zero attached hydrogens (tertiary/aromatic N) is 5. The summed E-state index contributed by atoms with van der Waals surface area (Å²) in [6, 6.07) is 21.9. The van der Waals surface area contributed by atoms with Gasteiger partial charge < -0.3 is 34.8 Å². The van der Waals surface area contributed by atoms with Gasteiger partial charge in [-0.3, -0.25) is 29.1 Å². The molecule has 0 radical (unpaired) electrons. The number of Topliss-reactive ketones (excluding diaryl/α,β-unsaturated/α-hetero) is 1. The molecule has 79 heavy (non-hydrogen) atoms. The molecule has 0 bridgehead atoms. The lowest BCUT2D eigenvalue weighted by atomic mass is 10.1. The third-order valence-electron chi connectivity index (χ3n) is 14.4. The van der Waals surface area contributed by atoms with Gasteiger partial charge in [-0.05, 0) is 163 Å². The van der Waals surface area contributed by atoms with E-state index in [4.69, 9.17) is 18.7 Å². The van der Waals surface area contributed by atoms with Crippen LogP contribution in [0.3, 0.4) is 0 Å². The van der Waals surface area contributed by atoms with E-state index in [1.165, 1.54) is 25.7 Å². The summed E-state index contributed by atoms with van der Waals surface area (Å²) in [6.07, 6.45) is 18.5. The number of aromatic nitrogens is 4. The summed E-state index contributed by atoms with van der Waals surface area (Å²) in [4.78, 5) is 63.6. The van der Waals surface area contributed by atoms with Crippen molar-refractivity contribution in [3.05, 3.63) is 143 Å². The molecule has 21 heteroatoms. The fraction of sp³-hybridized carbons (Fsp3) is 0.448. The minimum atomic E-state index is -3.33. The van der Waals surface area contributed by atoms with Gasteiger partial charge >= 0.3 is 0 Å². The Kier molecular flexibility index (Phi) is 21.8. The molecule has 2 aliphatic heterocycles. The van der Waals surface area contributed by atoms with Crippen LogP contribution in [-0.4, -0.2) is 113 Å². The minimum Gasteiger partial charge on any atom is -0.481 e. The molecule has 19 nitrogen and oxygen atoms in total. The summed E-state index contributed by atoms with van der Waals surface area (Å²) in [7, 11) is -6.62. The molecule has 422 valence electrons. The van der Waals surface area contributed by atoms with Crippen molar-refractivity contribution in [2.24, 2.45) is 0 Å². The summed E-state index contributed by atoms with van der Waals surface area (Å²) in [5.74, 6) is 0.725. The number of nitrogens with one attached hydrogen (secondary N) is 3. The lowest BCUT2D eigenvalue weighted by molar-refractivity contribution is -0.134. The quantitative estimate of drug-likeness (QED) is 0.0755. The van der Waals surface area contributed by atoms with Crippen molar-refractivity contribution in [3.63, 3.8) is 0 Å². The molecule has 0 atom stereocenters. The molecule has 4 aliphatic rings. The number of aliphatic carboxylic acids is 1. The largest absolute Gasteiger partial charge is 0.481 e. The Bertz CT molecular complexity index is 3160. The highest BCUT2D eigenvalue weighted by Gasteiger charge is 2.35. The number of sulfone groups is 2. The number of ketones is 1. The zero-order valence-corrected chi connectivity index (χ0v) is 46.8. The number of rotatable bonds is 15. The molecule has 2 aromatic carbocycles. The molecule has 4 fully saturated rings. The van der Waals surface area contributed by atoms with E-state index >= 15 is 0 Å². The van der Waals surface area contributed by atoms with Crippen LogP contribution >= 0.6 is 0 Å². The first-order valence-electron chi connectivity index (χ1n) is 27.0. The Balaban J connectivity index is 0.000000196. The topological polar surface area (TPSA) is 274 Å². The molecule has 6 aromatic rings. The lowest BCUT2D eigenvalue weighted by Crippen LogP contribution is -2.44. The van der Waals surface area contributed by atoms with Crippen molar-refractivity contribution in [1.82, 2.24) is 40.8 Å². The van der Waals surface area contributed by atoms with Crippen LogP contribution in [0.2, 0.25) is 0 Å². The first-order chi connectivity index (χ1) is 37.9. The maximum atomic E-state index is 13.2. The predicted octanol–water partition coefficient (Wildman–Crippen LogP) is 8.16. The Labute approximate surface area is 462 Å². The van der Waals surface area contributed by atoms with Gasteiger partial charge in [-0.1, -0.05) is 25.0 Å². The number of carbonyl (C=O) groups excluding carboxylic acids is 3. The van der Waals surface area contributed by atoms with E-state index in [1.54, 1.807) is 87.2 Å². The van der Waals surface area contributed by atoms with Crippen molar-refractivity contribution in [1.29, 1.82) is 0 Å². The number of carboxylic acids is 1. The van der Waals surface area contributed by atoms with E-state index in [-0.39, 0.29) is 33.8 Å². The second kappa shape index (κ2) is 28.8. The van der Waals surface area contributed by atoms with Gasteiger partial charge in [-0.15, -0.1) is 0 Å². The van der Waals surface area contributed by atoms with Crippen molar-refractivity contribution < 1.29 is 50.0 Å². The summed E-state index contributed by atoms with van der Waals surface area (Å²) in [6.45, 7) is 8.51. The zero-order valence-electron chi connectivity index (χ0n) is 45.2. The van der Waals surface area contributed by atoms with Crippen LogP contribution in [0.15, 0.2) is 106 Å². The van der Waals surface area contributed by atoms with Crippen molar-refractivity contribution in [3.8, 4) is 22.9 Å². The number of likely N-dealkylation sites (tertiary alicyclic amines) is 1. The monoisotopic (exact) mass is 1120 g/mol.